The van der Waals surface area contributed by atoms with Crippen molar-refractivity contribution in [2.45, 2.75) is 51.2 Å². The van der Waals surface area contributed by atoms with Crippen LogP contribution in [-0.2, 0) is 27.8 Å². The first kappa shape index (κ1) is 23.9. The highest BCUT2D eigenvalue weighted by molar-refractivity contribution is 7.90. The first-order chi connectivity index (χ1) is 16.2. The van der Waals surface area contributed by atoms with E-state index < -0.39 is 22.0 Å². The molecule has 8 heteroatoms. The van der Waals surface area contributed by atoms with Crippen LogP contribution in [0.15, 0.2) is 59.6 Å². The van der Waals surface area contributed by atoms with Crippen LogP contribution in [0.1, 0.15) is 47.3 Å². The molecule has 2 heterocycles. The second-order valence-corrected chi connectivity index (χ2v) is 10.6. The number of benzene rings is 2. The fourth-order valence-electron chi connectivity index (χ4n) is 4.79. The van der Waals surface area contributed by atoms with Gasteiger partial charge in [0.25, 0.3) is 15.9 Å². The quantitative estimate of drug-likeness (QED) is 0.575. The second-order valence-electron chi connectivity index (χ2n) is 8.92. The molecule has 0 saturated heterocycles. The fourth-order valence-corrected chi connectivity index (χ4v) is 5.75. The third kappa shape index (κ3) is 4.98. The zero-order valence-corrected chi connectivity index (χ0v) is 20.5. The maximum Gasteiger partial charge on any atom is 0.281 e. The standard InChI is InChI=1S/C26H30N4O3S.H2/c1-17-14-18(2)22(19(3)15-17)16-30-13-7-9-20-8-4-5-10-21(20)25(30)26(31)29-34(32,33)24-12-6-11-23(27)28-24;/h4-6,8,10-12,14-15,25H,7,9,13,16H2,1-3H3,(H2,27,28)(H,29,31);1H. The van der Waals surface area contributed by atoms with Crippen molar-refractivity contribution < 1.29 is 14.6 Å². The normalized spacial score (nSPS) is 16.5. The summed E-state index contributed by atoms with van der Waals surface area (Å²) >= 11 is 0. The predicted octanol–water partition coefficient (Wildman–Crippen LogP) is 3.83. The Labute approximate surface area is 202 Å². The largest absolute Gasteiger partial charge is 0.384 e. The molecule has 0 bridgehead atoms. The van der Waals surface area contributed by atoms with Crippen LogP contribution in [0, 0.1) is 20.8 Å². The van der Waals surface area contributed by atoms with Crippen molar-refractivity contribution >= 4 is 21.7 Å². The number of nitrogens with zero attached hydrogens (tertiary/aromatic N) is 2. The molecular weight excluding hydrogens is 448 g/mol. The zero-order valence-electron chi connectivity index (χ0n) is 19.7. The number of pyridine rings is 1. The van der Waals surface area contributed by atoms with Gasteiger partial charge in [0, 0.05) is 7.97 Å². The van der Waals surface area contributed by atoms with E-state index in [0.29, 0.717) is 13.1 Å². The van der Waals surface area contributed by atoms with Crippen molar-refractivity contribution in [2.24, 2.45) is 0 Å². The molecule has 3 aromatic rings. The third-order valence-corrected chi connectivity index (χ3v) is 7.56. The van der Waals surface area contributed by atoms with Gasteiger partial charge >= 0.3 is 0 Å². The number of nitrogen functional groups attached to an aromatic ring is 1. The highest BCUT2D eigenvalue weighted by Crippen LogP contribution is 2.32. The minimum atomic E-state index is -4.18. The number of aryl methyl sites for hydroxylation is 4. The topological polar surface area (TPSA) is 105 Å². The maximum absolute atomic E-state index is 13.6. The van der Waals surface area contributed by atoms with Gasteiger partial charge in [-0.15, -0.1) is 0 Å². The number of nitrogens with one attached hydrogen (secondary N) is 1. The van der Waals surface area contributed by atoms with Gasteiger partial charge in [0.1, 0.15) is 11.9 Å². The Hall–Kier alpha value is -3.23. The Morgan fingerprint density at radius 1 is 1.12 bits per heavy atom. The Morgan fingerprint density at radius 2 is 1.82 bits per heavy atom. The molecule has 180 valence electrons. The minimum Gasteiger partial charge on any atom is -0.384 e. The number of anilines is 1. The Kier molecular flexibility index (Phi) is 6.72. The molecule has 1 aliphatic heterocycles. The van der Waals surface area contributed by atoms with Gasteiger partial charge in [-0.1, -0.05) is 48.0 Å². The van der Waals surface area contributed by atoms with Gasteiger partial charge < -0.3 is 5.73 Å². The van der Waals surface area contributed by atoms with Crippen LogP contribution in [0.5, 0.6) is 0 Å². The van der Waals surface area contributed by atoms with Crippen molar-refractivity contribution in [2.75, 3.05) is 12.3 Å². The van der Waals surface area contributed by atoms with E-state index in [9.17, 15) is 13.2 Å². The average Bonchev–Trinajstić information content (AvgIpc) is 2.95. The summed E-state index contributed by atoms with van der Waals surface area (Å²) < 4.78 is 28.2. The molecule has 1 unspecified atom stereocenters. The lowest BCUT2D eigenvalue weighted by molar-refractivity contribution is -0.125. The van der Waals surface area contributed by atoms with E-state index in [1.165, 1.54) is 23.8 Å². The van der Waals surface area contributed by atoms with E-state index in [1.54, 1.807) is 0 Å². The maximum atomic E-state index is 13.6. The first-order valence-corrected chi connectivity index (χ1v) is 12.8. The summed E-state index contributed by atoms with van der Waals surface area (Å²) in [5.41, 5.74) is 12.2. The summed E-state index contributed by atoms with van der Waals surface area (Å²) in [6, 6.07) is 15.6. The van der Waals surface area contributed by atoms with Crippen molar-refractivity contribution in [3.8, 4) is 0 Å². The van der Waals surface area contributed by atoms with Crippen molar-refractivity contribution in [3.63, 3.8) is 0 Å². The molecule has 1 amide bonds. The summed E-state index contributed by atoms with van der Waals surface area (Å²) in [5, 5.41) is -0.278. The second kappa shape index (κ2) is 9.56. The fraction of sp³-hybridized carbons (Fsp3) is 0.308. The van der Waals surface area contributed by atoms with Gasteiger partial charge in [-0.05, 0) is 80.1 Å². The van der Waals surface area contributed by atoms with Gasteiger partial charge in [-0.25, -0.2) is 9.71 Å². The number of carbonyl (C=O) groups is 1. The molecule has 0 spiro atoms. The Balaban J connectivity index is 0.00000342. The van der Waals surface area contributed by atoms with Crippen LogP contribution < -0.4 is 10.5 Å². The molecule has 1 aliphatic rings. The lowest BCUT2D eigenvalue weighted by Gasteiger charge is -2.31. The van der Waals surface area contributed by atoms with E-state index in [-0.39, 0.29) is 12.3 Å². The highest BCUT2D eigenvalue weighted by atomic mass is 32.2. The summed E-state index contributed by atoms with van der Waals surface area (Å²) in [5.74, 6) is -0.525. The van der Waals surface area contributed by atoms with Gasteiger partial charge in [-0.3, -0.25) is 9.69 Å². The van der Waals surface area contributed by atoms with Crippen LogP contribution in [-0.4, -0.2) is 30.8 Å². The van der Waals surface area contributed by atoms with E-state index in [1.807, 2.05) is 24.3 Å². The SMILES string of the molecule is Cc1cc(C)c(CN2CCCc3ccccc3C2C(=O)NS(=O)(=O)c2cccc(N)n2)c(C)c1.[HH]. The number of nitrogens with two attached hydrogens (primary N) is 1. The van der Waals surface area contributed by atoms with Gasteiger partial charge in [0.15, 0.2) is 5.03 Å². The number of sulfonamides is 1. The molecule has 0 radical (unpaired) electrons. The van der Waals surface area contributed by atoms with Gasteiger partial charge in [0.05, 0.1) is 0 Å². The number of hydrogen-bond donors (Lipinski definition) is 2. The van der Waals surface area contributed by atoms with Crippen molar-refractivity contribution in [1.82, 2.24) is 14.6 Å². The van der Waals surface area contributed by atoms with Crippen LogP contribution in [0.25, 0.3) is 0 Å². The van der Waals surface area contributed by atoms with E-state index in [2.05, 4.69) is 47.5 Å². The van der Waals surface area contributed by atoms with E-state index in [0.717, 1.165) is 40.7 Å². The molecule has 34 heavy (non-hydrogen) atoms. The number of aromatic nitrogens is 1. The molecule has 2 aromatic carbocycles. The number of fused-ring (bicyclic) bond motifs is 1. The van der Waals surface area contributed by atoms with Crippen LogP contribution in [0.4, 0.5) is 5.82 Å². The highest BCUT2D eigenvalue weighted by Gasteiger charge is 2.34. The third-order valence-electron chi connectivity index (χ3n) is 6.31. The lowest BCUT2D eigenvalue weighted by Crippen LogP contribution is -2.43. The van der Waals surface area contributed by atoms with Gasteiger partial charge in [-0.2, -0.15) is 8.42 Å². The lowest BCUT2D eigenvalue weighted by atomic mass is 9.96. The van der Waals surface area contributed by atoms with Crippen LogP contribution in [0.3, 0.4) is 0 Å². The molecule has 3 N–H and O–H groups in total. The van der Waals surface area contributed by atoms with Crippen LogP contribution in [0.2, 0.25) is 0 Å². The average molecular weight is 481 g/mol. The monoisotopic (exact) mass is 480 g/mol. The summed E-state index contributed by atoms with van der Waals surface area (Å²) in [6.45, 7) is 7.42. The molecule has 7 nitrogen and oxygen atoms in total. The Morgan fingerprint density at radius 3 is 2.53 bits per heavy atom. The predicted molar refractivity (Wildman–Crippen MR) is 135 cm³/mol. The smallest absolute Gasteiger partial charge is 0.281 e. The number of hydrogen-bond acceptors (Lipinski definition) is 6. The van der Waals surface area contributed by atoms with E-state index in [4.69, 9.17) is 5.73 Å². The van der Waals surface area contributed by atoms with Crippen LogP contribution >= 0.6 is 0 Å². The summed E-state index contributed by atoms with van der Waals surface area (Å²) in [6.07, 6.45) is 1.69. The summed E-state index contributed by atoms with van der Waals surface area (Å²) in [7, 11) is -4.18. The molecule has 4 rings (SSSR count). The molecule has 0 saturated carbocycles. The number of carbonyl (C=O) groups excluding carboxylic acids is 1. The summed E-state index contributed by atoms with van der Waals surface area (Å²) in [4.78, 5) is 19.6. The molecule has 1 aromatic heterocycles. The van der Waals surface area contributed by atoms with Crippen molar-refractivity contribution in [3.05, 3.63) is 88.0 Å². The zero-order chi connectivity index (χ0) is 24.5. The number of amides is 1. The van der Waals surface area contributed by atoms with Crippen molar-refractivity contribution in [1.29, 1.82) is 0 Å². The molecular formula is C26H32N4O3S. The first-order valence-electron chi connectivity index (χ1n) is 11.3. The Bertz CT molecular complexity index is 1320. The van der Waals surface area contributed by atoms with E-state index >= 15 is 0 Å². The molecule has 1 atom stereocenters. The van der Waals surface area contributed by atoms with Gasteiger partial charge in [0.2, 0.25) is 0 Å². The minimum absolute atomic E-state index is 0. The number of rotatable bonds is 5. The molecule has 0 aliphatic carbocycles. The molecule has 0 fully saturated rings.